The largest absolute Gasteiger partial charge is 0.362 e. The van der Waals surface area contributed by atoms with E-state index in [1.165, 1.54) is 4.88 Å². The number of aryl methyl sites for hydroxylation is 1. The number of thiazole rings is 1. The SMILES string of the molecule is CNc1nc(NCc2ncc(C)s2)c2[nH]cnc2n1. The quantitative estimate of drug-likeness (QED) is 0.672. The first-order chi connectivity index (χ1) is 9.26. The lowest BCUT2D eigenvalue weighted by atomic mass is 10.4. The molecule has 0 atom stereocenters. The Bertz CT molecular complexity index is 702. The molecule has 0 unspecified atom stereocenters. The monoisotopic (exact) mass is 275 g/mol. The molecule has 3 N–H and O–H groups in total. The highest BCUT2D eigenvalue weighted by Gasteiger charge is 2.09. The third-order valence-corrected chi connectivity index (χ3v) is 3.50. The van der Waals surface area contributed by atoms with E-state index in [1.54, 1.807) is 24.7 Å². The standard InChI is InChI=1S/C11H13N7S/c1-6-3-13-7(19-6)4-14-9-8-10(16-5-15-8)18-11(12-2)17-9/h3,5H,4H2,1-2H3,(H3,12,14,15,16,17,18). The van der Waals surface area contributed by atoms with Gasteiger partial charge in [0.2, 0.25) is 5.95 Å². The molecule has 3 heterocycles. The lowest BCUT2D eigenvalue weighted by molar-refractivity contribution is 1.07. The molecule has 0 radical (unpaired) electrons. The van der Waals surface area contributed by atoms with Gasteiger partial charge in [-0.3, -0.25) is 0 Å². The number of hydrogen-bond donors (Lipinski definition) is 3. The Morgan fingerprint density at radius 3 is 2.95 bits per heavy atom. The number of rotatable bonds is 4. The maximum atomic E-state index is 4.39. The molecule has 0 spiro atoms. The summed E-state index contributed by atoms with van der Waals surface area (Å²) in [5, 5.41) is 7.21. The van der Waals surface area contributed by atoms with Crippen molar-refractivity contribution < 1.29 is 0 Å². The van der Waals surface area contributed by atoms with Crippen LogP contribution in [-0.2, 0) is 6.54 Å². The topological polar surface area (TPSA) is 91.4 Å². The van der Waals surface area contributed by atoms with Crippen molar-refractivity contribution in [2.75, 3.05) is 17.7 Å². The van der Waals surface area contributed by atoms with Gasteiger partial charge in [-0.15, -0.1) is 11.3 Å². The fraction of sp³-hybridized carbons (Fsp3) is 0.273. The number of aromatic nitrogens is 5. The Balaban J connectivity index is 1.88. The van der Waals surface area contributed by atoms with Gasteiger partial charge in [0.1, 0.15) is 10.5 Å². The van der Waals surface area contributed by atoms with Gasteiger partial charge in [0.15, 0.2) is 11.5 Å². The number of aromatic amines is 1. The molecule has 8 heteroatoms. The van der Waals surface area contributed by atoms with E-state index in [-0.39, 0.29) is 0 Å². The van der Waals surface area contributed by atoms with Crippen LogP contribution in [0.4, 0.5) is 11.8 Å². The molecular formula is C11H13N7S. The molecule has 0 amide bonds. The maximum Gasteiger partial charge on any atom is 0.226 e. The molecule has 0 fully saturated rings. The second kappa shape index (κ2) is 4.81. The zero-order valence-corrected chi connectivity index (χ0v) is 11.4. The molecule has 7 nitrogen and oxygen atoms in total. The zero-order chi connectivity index (χ0) is 13.2. The van der Waals surface area contributed by atoms with Gasteiger partial charge in [0, 0.05) is 18.1 Å². The van der Waals surface area contributed by atoms with Crippen molar-refractivity contribution in [1.29, 1.82) is 0 Å². The van der Waals surface area contributed by atoms with Crippen LogP contribution in [0.2, 0.25) is 0 Å². The molecule has 3 aromatic heterocycles. The Kier molecular flexibility index (Phi) is 3.00. The fourth-order valence-corrected chi connectivity index (χ4v) is 2.44. The Hall–Kier alpha value is -2.22. The molecular weight excluding hydrogens is 262 g/mol. The first kappa shape index (κ1) is 11.8. The van der Waals surface area contributed by atoms with Crippen molar-refractivity contribution in [3.8, 4) is 0 Å². The van der Waals surface area contributed by atoms with Gasteiger partial charge in [-0.2, -0.15) is 9.97 Å². The normalized spacial score (nSPS) is 10.8. The molecule has 0 bridgehead atoms. The number of H-pyrrole nitrogens is 1. The molecule has 0 aliphatic rings. The summed E-state index contributed by atoms with van der Waals surface area (Å²) in [6, 6.07) is 0. The highest BCUT2D eigenvalue weighted by Crippen LogP contribution is 2.20. The van der Waals surface area contributed by atoms with Gasteiger partial charge >= 0.3 is 0 Å². The van der Waals surface area contributed by atoms with E-state index in [1.807, 2.05) is 13.1 Å². The van der Waals surface area contributed by atoms with Crippen LogP contribution in [0.1, 0.15) is 9.88 Å². The van der Waals surface area contributed by atoms with Gasteiger partial charge in [-0.25, -0.2) is 9.97 Å². The van der Waals surface area contributed by atoms with E-state index in [2.05, 4.69) is 35.6 Å². The van der Waals surface area contributed by atoms with Crippen molar-refractivity contribution in [3.63, 3.8) is 0 Å². The first-order valence-corrected chi connectivity index (χ1v) is 6.62. The van der Waals surface area contributed by atoms with Crippen LogP contribution in [0.25, 0.3) is 11.2 Å². The molecule has 3 aromatic rings. The van der Waals surface area contributed by atoms with Crippen LogP contribution in [-0.4, -0.2) is 32.0 Å². The zero-order valence-electron chi connectivity index (χ0n) is 10.6. The summed E-state index contributed by atoms with van der Waals surface area (Å²) in [5.41, 5.74) is 1.43. The van der Waals surface area contributed by atoms with Crippen molar-refractivity contribution in [2.45, 2.75) is 13.5 Å². The number of fused-ring (bicyclic) bond motifs is 1. The number of anilines is 2. The van der Waals surface area contributed by atoms with E-state index >= 15 is 0 Å². The second-order valence-corrected chi connectivity index (χ2v) is 5.28. The molecule has 19 heavy (non-hydrogen) atoms. The van der Waals surface area contributed by atoms with Gasteiger partial charge < -0.3 is 15.6 Å². The average molecular weight is 275 g/mol. The predicted octanol–water partition coefficient (Wildman–Crippen LogP) is 1.77. The van der Waals surface area contributed by atoms with Crippen LogP contribution in [0.5, 0.6) is 0 Å². The molecule has 0 aliphatic carbocycles. The Morgan fingerprint density at radius 1 is 1.32 bits per heavy atom. The van der Waals surface area contributed by atoms with Gasteiger partial charge in [-0.1, -0.05) is 0 Å². The highest BCUT2D eigenvalue weighted by molar-refractivity contribution is 7.11. The molecule has 3 rings (SSSR count). The average Bonchev–Trinajstić information content (AvgIpc) is 3.04. The van der Waals surface area contributed by atoms with Crippen LogP contribution >= 0.6 is 11.3 Å². The van der Waals surface area contributed by atoms with E-state index in [0.29, 0.717) is 18.1 Å². The molecule has 0 aliphatic heterocycles. The van der Waals surface area contributed by atoms with Gasteiger partial charge in [-0.05, 0) is 6.92 Å². The second-order valence-electron chi connectivity index (χ2n) is 3.97. The summed E-state index contributed by atoms with van der Waals surface area (Å²) >= 11 is 1.67. The summed E-state index contributed by atoms with van der Waals surface area (Å²) < 4.78 is 0. The van der Waals surface area contributed by atoms with Crippen LogP contribution in [0.3, 0.4) is 0 Å². The van der Waals surface area contributed by atoms with Crippen molar-refractivity contribution in [2.24, 2.45) is 0 Å². The van der Waals surface area contributed by atoms with Crippen LogP contribution < -0.4 is 10.6 Å². The minimum absolute atomic E-state index is 0.539. The van der Waals surface area contributed by atoms with E-state index in [4.69, 9.17) is 0 Å². The first-order valence-electron chi connectivity index (χ1n) is 5.80. The Morgan fingerprint density at radius 2 is 2.21 bits per heavy atom. The summed E-state index contributed by atoms with van der Waals surface area (Å²) in [4.78, 5) is 21.3. The molecule has 98 valence electrons. The van der Waals surface area contributed by atoms with Crippen LogP contribution in [0, 0.1) is 6.92 Å². The van der Waals surface area contributed by atoms with E-state index < -0.39 is 0 Å². The van der Waals surface area contributed by atoms with Gasteiger partial charge in [0.05, 0.1) is 12.9 Å². The summed E-state index contributed by atoms with van der Waals surface area (Å²) in [7, 11) is 1.78. The number of hydrogen-bond acceptors (Lipinski definition) is 7. The number of imidazole rings is 1. The lowest BCUT2D eigenvalue weighted by Crippen LogP contribution is -2.05. The fourth-order valence-electron chi connectivity index (χ4n) is 1.72. The van der Waals surface area contributed by atoms with E-state index in [0.717, 1.165) is 16.3 Å². The summed E-state index contributed by atoms with van der Waals surface area (Å²) in [5.74, 6) is 1.26. The van der Waals surface area contributed by atoms with Crippen molar-refractivity contribution >= 4 is 34.3 Å². The third kappa shape index (κ3) is 2.34. The van der Waals surface area contributed by atoms with Crippen molar-refractivity contribution in [1.82, 2.24) is 24.9 Å². The smallest absolute Gasteiger partial charge is 0.226 e. The minimum Gasteiger partial charge on any atom is -0.362 e. The lowest BCUT2D eigenvalue weighted by Gasteiger charge is -2.06. The highest BCUT2D eigenvalue weighted by atomic mass is 32.1. The maximum absolute atomic E-state index is 4.39. The number of nitrogens with one attached hydrogen (secondary N) is 3. The molecule has 0 saturated heterocycles. The molecule has 0 aromatic carbocycles. The summed E-state index contributed by atoms with van der Waals surface area (Å²) in [6.07, 6.45) is 3.48. The molecule has 0 saturated carbocycles. The minimum atomic E-state index is 0.539. The van der Waals surface area contributed by atoms with Gasteiger partial charge in [0.25, 0.3) is 0 Å². The predicted molar refractivity (Wildman–Crippen MR) is 75.4 cm³/mol. The third-order valence-electron chi connectivity index (χ3n) is 2.59. The van der Waals surface area contributed by atoms with E-state index in [9.17, 15) is 0 Å². The van der Waals surface area contributed by atoms with Crippen LogP contribution in [0.15, 0.2) is 12.5 Å². The Labute approximate surface area is 113 Å². The summed E-state index contributed by atoms with van der Waals surface area (Å²) in [6.45, 7) is 2.67. The number of nitrogens with zero attached hydrogens (tertiary/aromatic N) is 4. The van der Waals surface area contributed by atoms with Crippen molar-refractivity contribution in [3.05, 3.63) is 22.4 Å².